The minimum Gasteiger partial charge on any atom is -0.480 e. The molecule has 0 unspecified atom stereocenters. The van der Waals surface area contributed by atoms with Crippen LogP contribution in [0.5, 0.6) is 0 Å². The van der Waals surface area contributed by atoms with Gasteiger partial charge in [-0.3, -0.25) is 4.79 Å². The van der Waals surface area contributed by atoms with E-state index < -0.39 is 5.97 Å². The predicted molar refractivity (Wildman–Crippen MR) is 75.7 cm³/mol. The van der Waals surface area contributed by atoms with Crippen LogP contribution in [0, 0.1) is 5.92 Å². The molecule has 0 aromatic carbocycles. The summed E-state index contributed by atoms with van der Waals surface area (Å²) < 4.78 is 5.41. The van der Waals surface area contributed by atoms with E-state index in [0.717, 1.165) is 25.7 Å². The van der Waals surface area contributed by atoms with Crippen LogP contribution in [-0.4, -0.2) is 54.4 Å². The summed E-state index contributed by atoms with van der Waals surface area (Å²) in [5, 5.41) is 11.6. The lowest BCUT2D eigenvalue weighted by Crippen LogP contribution is -2.44. The first-order valence-corrected chi connectivity index (χ1v) is 7.35. The van der Waals surface area contributed by atoms with Crippen molar-refractivity contribution in [2.45, 2.75) is 45.6 Å². The monoisotopic (exact) mass is 286 g/mol. The van der Waals surface area contributed by atoms with Crippen molar-refractivity contribution in [2.75, 3.05) is 26.2 Å². The molecule has 6 nitrogen and oxygen atoms in total. The molecule has 0 heterocycles. The molecule has 0 spiro atoms. The molecular formula is C14H26N2O4. The summed E-state index contributed by atoms with van der Waals surface area (Å²) in [5.74, 6) is -0.481. The predicted octanol–water partition coefficient (Wildman–Crippen LogP) is 1.70. The second kappa shape index (κ2) is 8.79. The van der Waals surface area contributed by atoms with E-state index in [2.05, 4.69) is 5.32 Å². The zero-order valence-electron chi connectivity index (χ0n) is 12.4. The SMILES string of the molecule is CC(C)OCCCCNC(=O)N(CC(=O)O)CC1CC1. The highest BCUT2D eigenvalue weighted by Crippen LogP contribution is 2.29. The molecule has 0 bridgehead atoms. The Morgan fingerprint density at radius 2 is 2.05 bits per heavy atom. The van der Waals surface area contributed by atoms with Crippen molar-refractivity contribution in [3.05, 3.63) is 0 Å². The molecule has 116 valence electrons. The van der Waals surface area contributed by atoms with Crippen LogP contribution in [-0.2, 0) is 9.53 Å². The number of ether oxygens (including phenoxy) is 1. The molecule has 1 aliphatic rings. The maximum atomic E-state index is 11.9. The van der Waals surface area contributed by atoms with E-state index in [1.165, 1.54) is 4.90 Å². The van der Waals surface area contributed by atoms with Crippen LogP contribution in [0.25, 0.3) is 0 Å². The van der Waals surface area contributed by atoms with E-state index in [1.807, 2.05) is 13.8 Å². The number of nitrogens with one attached hydrogen (secondary N) is 1. The molecule has 0 saturated heterocycles. The fourth-order valence-corrected chi connectivity index (χ4v) is 1.85. The highest BCUT2D eigenvalue weighted by molar-refractivity contribution is 5.80. The molecule has 2 amide bonds. The van der Waals surface area contributed by atoms with Gasteiger partial charge in [0.25, 0.3) is 0 Å². The largest absolute Gasteiger partial charge is 0.480 e. The van der Waals surface area contributed by atoms with Gasteiger partial charge in [-0.25, -0.2) is 4.79 Å². The van der Waals surface area contributed by atoms with Gasteiger partial charge in [0.1, 0.15) is 6.54 Å². The van der Waals surface area contributed by atoms with Crippen LogP contribution >= 0.6 is 0 Å². The highest BCUT2D eigenvalue weighted by Gasteiger charge is 2.27. The lowest BCUT2D eigenvalue weighted by molar-refractivity contribution is -0.137. The van der Waals surface area contributed by atoms with Gasteiger partial charge >= 0.3 is 12.0 Å². The first-order chi connectivity index (χ1) is 9.49. The number of carboxylic acid groups (broad SMARTS) is 1. The van der Waals surface area contributed by atoms with Crippen LogP contribution in [0.2, 0.25) is 0 Å². The Balaban J connectivity index is 2.15. The van der Waals surface area contributed by atoms with E-state index in [0.29, 0.717) is 25.6 Å². The summed E-state index contributed by atoms with van der Waals surface area (Å²) in [6.07, 6.45) is 4.14. The van der Waals surface area contributed by atoms with Crippen LogP contribution in [0.15, 0.2) is 0 Å². The van der Waals surface area contributed by atoms with Gasteiger partial charge in [0.15, 0.2) is 0 Å². The Labute approximate surface area is 120 Å². The maximum Gasteiger partial charge on any atom is 0.323 e. The van der Waals surface area contributed by atoms with Crippen molar-refractivity contribution in [1.82, 2.24) is 10.2 Å². The van der Waals surface area contributed by atoms with Crippen LogP contribution in [0.4, 0.5) is 4.79 Å². The number of unbranched alkanes of at least 4 members (excludes halogenated alkanes) is 1. The van der Waals surface area contributed by atoms with Crippen LogP contribution in [0.1, 0.15) is 39.5 Å². The second-order valence-corrected chi connectivity index (χ2v) is 5.58. The Morgan fingerprint density at radius 3 is 2.60 bits per heavy atom. The van der Waals surface area contributed by atoms with Crippen LogP contribution < -0.4 is 5.32 Å². The van der Waals surface area contributed by atoms with Crippen molar-refractivity contribution in [1.29, 1.82) is 0 Å². The van der Waals surface area contributed by atoms with Crippen LogP contribution in [0.3, 0.4) is 0 Å². The maximum absolute atomic E-state index is 11.9. The first-order valence-electron chi connectivity index (χ1n) is 7.35. The highest BCUT2D eigenvalue weighted by atomic mass is 16.5. The van der Waals surface area contributed by atoms with Gasteiger partial charge in [-0.05, 0) is 45.4 Å². The third kappa shape index (κ3) is 7.99. The summed E-state index contributed by atoms with van der Waals surface area (Å²) in [4.78, 5) is 24.1. The summed E-state index contributed by atoms with van der Waals surface area (Å²) in [7, 11) is 0. The Bertz CT molecular complexity index is 316. The van der Waals surface area contributed by atoms with Gasteiger partial charge in [0.05, 0.1) is 6.10 Å². The number of aliphatic carboxylic acids is 1. The van der Waals surface area contributed by atoms with Crippen molar-refractivity contribution in [3.63, 3.8) is 0 Å². The zero-order valence-corrected chi connectivity index (χ0v) is 12.4. The number of amides is 2. The smallest absolute Gasteiger partial charge is 0.323 e. The molecule has 1 fully saturated rings. The van der Waals surface area contributed by atoms with Gasteiger partial charge in [-0.1, -0.05) is 0 Å². The van der Waals surface area contributed by atoms with E-state index >= 15 is 0 Å². The minimum atomic E-state index is -0.967. The van der Waals surface area contributed by atoms with Crippen molar-refractivity contribution in [2.24, 2.45) is 5.92 Å². The van der Waals surface area contributed by atoms with E-state index in [1.54, 1.807) is 0 Å². The fraction of sp³-hybridized carbons (Fsp3) is 0.857. The average molecular weight is 286 g/mol. The number of urea groups is 1. The molecule has 6 heteroatoms. The topological polar surface area (TPSA) is 78.9 Å². The van der Waals surface area contributed by atoms with Crippen molar-refractivity contribution in [3.8, 4) is 0 Å². The van der Waals surface area contributed by atoms with Crippen molar-refractivity contribution >= 4 is 12.0 Å². The standard InChI is InChI=1S/C14H26N2O4/c1-11(2)20-8-4-3-7-15-14(19)16(10-13(17)18)9-12-5-6-12/h11-12H,3-10H2,1-2H3,(H,15,19)(H,17,18). The summed E-state index contributed by atoms with van der Waals surface area (Å²) in [6, 6.07) is -0.274. The van der Waals surface area contributed by atoms with Gasteiger partial charge in [0, 0.05) is 19.7 Å². The Hall–Kier alpha value is -1.30. The first kappa shape index (κ1) is 16.8. The summed E-state index contributed by atoms with van der Waals surface area (Å²) in [6.45, 7) is 5.55. The number of nitrogens with zero attached hydrogens (tertiary/aromatic N) is 1. The number of carboxylic acids is 1. The number of carbonyl (C=O) groups excluding carboxylic acids is 1. The molecule has 2 N–H and O–H groups in total. The molecule has 0 radical (unpaired) electrons. The lowest BCUT2D eigenvalue weighted by atomic mass is 10.3. The van der Waals surface area contributed by atoms with Crippen molar-refractivity contribution < 1.29 is 19.4 Å². The Morgan fingerprint density at radius 1 is 1.35 bits per heavy atom. The third-order valence-corrected chi connectivity index (χ3v) is 3.09. The molecule has 1 saturated carbocycles. The molecular weight excluding hydrogens is 260 g/mol. The number of hydrogen-bond donors (Lipinski definition) is 2. The average Bonchev–Trinajstić information content (AvgIpc) is 3.15. The lowest BCUT2D eigenvalue weighted by Gasteiger charge is -2.21. The molecule has 1 rings (SSSR count). The van der Waals surface area contributed by atoms with E-state index in [9.17, 15) is 9.59 Å². The van der Waals surface area contributed by atoms with Gasteiger partial charge in [0.2, 0.25) is 0 Å². The quantitative estimate of drug-likeness (QED) is 0.599. The van der Waals surface area contributed by atoms with Gasteiger partial charge in [-0.15, -0.1) is 0 Å². The van der Waals surface area contributed by atoms with Gasteiger partial charge < -0.3 is 20.1 Å². The molecule has 0 aromatic heterocycles. The molecule has 0 aromatic rings. The van der Waals surface area contributed by atoms with E-state index in [4.69, 9.17) is 9.84 Å². The van der Waals surface area contributed by atoms with Gasteiger partial charge in [-0.2, -0.15) is 0 Å². The number of hydrogen-bond acceptors (Lipinski definition) is 3. The number of rotatable bonds is 10. The van der Waals surface area contributed by atoms with E-state index in [-0.39, 0.29) is 18.7 Å². The molecule has 0 aliphatic heterocycles. The number of carbonyl (C=O) groups is 2. The summed E-state index contributed by atoms with van der Waals surface area (Å²) >= 11 is 0. The zero-order chi connectivity index (χ0) is 15.0. The molecule has 1 aliphatic carbocycles. The summed E-state index contributed by atoms with van der Waals surface area (Å²) in [5.41, 5.74) is 0. The third-order valence-electron chi connectivity index (χ3n) is 3.09. The second-order valence-electron chi connectivity index (χ2n) is 5.58. The molecule has 0 atom stereocenters. The Kier molecular flexibility index (Phi) is 7.36. The fourth-order valence-electron chi connectivity index (χ4n) is 1.85. The molecule has 20 heavy (non-hydrogen) atoms. The normalized spacial score (nSPS) is 14.3. The minimum absolute atomic E-state index is 0.223.